The summed E-state index contributed by atoms with van der Waals surface area (Å²) in [5, 5.41) is 0.340. The molecule has 0 fully saturated rings. The van der Waals surface area contributed by atoms with E-state index in [1.807, 2.05) is 0 Å². The molecule has 0 aliphatic carbocycles. The molecule has 1 N–H and O–H groups in total. The van der Waals surface area contributed by atoms with Gasteiger partial charge in [0.25, 0.3) is 0 Å². The zero-order valence-electron chi connectivity index (χ0n) is 10.4. The number of aromatic amines is 1. The highest BCUT2D eigenvalue weighted by molar-refractivity contribution is 6.13. The highest BCUT2D eigenvalue weighted by Crippen LogP contribution is 2.32. The van der Waals surface area contributed by atoms with Gasteiger partial charge in [0, 0.05) is 22.7 Å². The molecule has 0 aliphatic heterocycles. The van der Waals surface area contributed by atoms with Crippen LogP contribution in [0, 0.1) is 0 Å². The molecule has 0 saturated heterocycles. The van der Waals surface area contributed by atoms with Gasteiger partial charge >= 0.3 is 12.1 Å². The smallest absolute Gasteiger partial charge is 0.416 e. The average molecular weight is 285 g/mol. The lowest BCUT2D eigenvalue weighted by Crippen LogP contribution is -2.09. The van der Waals surface area contributed by atoms with Crippen LogP contribution in [0.2, 0.25) is 0 Å². The number of rotatable bonds is 3. The standard InChI is InChI=1S/C13H10F3NO3/c1-20-12(19)5-11(18)9-6-17-10-4-7(13(14,15)16)2-3-8(9)10/h2-4,6,17H,5H2,1H3. The van der Waals surface area contributed by atoms with Crippen LogP contribution in [0.1, 0.15) is 22.3 Å². The molecular formula is C13H10F3NO3. The molecule has 1 aromatic carbocycles. The van der Waals surface area contributed by atoms with Crippen LogP contribution in [0.25, 0.3) is 10.9 Å². The van der Waals surface area contributed by atoms with E-state index in [0.29, 0.717) is 5.39 Å². The van der Waals surface area contributed by atoms with Gasteiger partial charge in [-0.15, -0.1) is 0 Å². The number of methoxy groups -OCH3 is 1. The third-order valence-electron chi connectivity index (χ3n) is 2.84. The van der Waals surface area contributed by atoms with Crippen molar-refractivity contribution in [3.63, 3.8) is 0 Å². The van der Waals surface area contributed by atoms with Crippen molar-refractivity contribution in [3.8, 4) is 0 Å². The summed E-state index contributed by atoms with van der Waals surface area (Å²) >= 11 is 0. The van der Waals surface area contributed by atoms with Gasteiger partial charge < -0.3 is 9.72 Å². The number of nitrogens with one attached hydrogen (secondary N) is 1. The van der Waals surface area contributed by atoms with Crippen molar-refractivity contribution in [1.82, 2.24) is 4.98 Å². The maximum Gasteiger partial charge on any atom is 0.416 e. The van der Waals surface area contributed by atoms with Crippen molar-refractivity contribution in [2.75, 3.05) is 7.11 Å². The number of alkyl halides is 3. The van der Waals surface area contributed by atoms with Crippen LogP contribution in [0.3, 0.4) is 0 Å². The number of esters is 1. The summed E-state index contributed by atoms with van der Waals surface area (Å²) in [6.07, 6.45) is -3.62. The number of benzene rings is 1. The zero-order chi connectivity index (χ0) is 14.9. The maximum absolute atomic E-state index is 12.6. The number of Topliss-reactive ketones (excluding diaryl/α,β-unsaturated/α-hetero) is 1. The van der Waals surface area contributed by atoms with Crippen LogP contribution in [0.15, 0.2) is 24.4 Å². The third kappa shape index (κ3) is 2.66. The fourth-order valence-corrected chi connectivity index (χ4v) is 1.83. The van der Waals surface area contributed by atoms with E-state index < -0.39 is 29.9 Å². The van der Waals surface area contributed by atoms with E-state index in [1.54, 1.807) is 0 Å². The second-order valence-corrected chi connectivity index (χ2v) is 4.14. The molecule has 0 saturated carbocycles. The van der Waals surface area contributed by atoms with E-state index in [-0.39, 0.29) is 11.1 Å². The van der Waals surface area contributed by atoms with Gasteiger partial charge in [-0.1, -0.05) is 6.07 Å². The van der Waals surface area contributed by atoms with Gasteiger partial charge in [0.15, 0.2) is 5.78 Å². The molecule has 7 heteroatoms. The number of hydrogen-bond acceptors (Lipinski definition) is 3. The van der Waals surface area contributed by atoms with Crippen molar-refractivity contribution in [1.29, 1.82) is 0 Å². The summed E-state index contributed by atoms with van der Waals surface area (Å²) in [7, 11) is 1.15. The third-order valence-corrected chi connectivity index (χ3v) is 2.84. The van der Waals surface area contributed by atoms with Gasteiger partial charge in [-0.2, -0.15) is 13.2 Å². The Balaban J connectivity index is 2.38. The van der Waals surface area contributed by atoms with Crippen LogP contribution in [-0.2, 0) is 15.7 Å². The number of ketones is 1. The fraction of sp³-hybridized carbons (Fsp3) is 0.231. The minimum Gasteiger partial charge on any atom is -0.469 e. The first-order valence-electron chi connectivity index (χ1n) is 5.61. The average Bonchev–Trinajstić information content (AvgIpc) is 2.80. The molecule has 1 aromatic heterocycles. The molecule has 4 nitrogen and oxygen atoms in total. The SMILES string of the molecule is COC(=O)CC(=O)c1c[nH]c2cc(C(F)(F)F)ccc12. The molecule has 0 aliphatic rings. The molecular weight excluding hydrogens is 275 g/mol. The minimum atomic E-state index is -4.45. The Morgan fingerprint density at radius 2 is 2.00 bits per heavy atom. The van der Waals surface area contributed by atoms with Gasteiger partial charge in [-0.05, 0) is 12.1 Å². The zero-order valence-corrected chi connectivity index (χ0v) is 10.4. The highest BCUT2D eigenvalue weighted by atomic mass is 19.4. The lowest BCUT2D eigenvalue weighted by atomic mass is 10.1. The number of H-pyrrole nitrogens is 1. The quantitative estimate of drug-likeness (QED) is 0.536. The number of aromatic nitrogens is 1. The second kappa shape index (κ2) is 4.99. The Bertz CT molecular complexity index is 673. The van der Waals surface area contributed by atoms with E-state index >= 15 is 0 Å². The van der Waals surface area contributed by atoms with E-state index in [0.717, 1.165) is 19.2 Å². The maximum atomic E-state index is 12.6. The normalized spacial score (nSPS) is 11.6. The fourth-order valence-electron chi connectivity index (χ4n) is 1.83. The Hall–Kier alpha value is -2.31. The lowest BCUT2D eigenvalue weighted by molar-refractivity contribution is -0.139. The van der Waals surface area contributed by atoms with Crippen LogP contribution in [0.5, 0.6) is 0 Å². The van der Waals surface area contributed by atoms with E-state index in [2.05, 4.69) is 9.72 Å². The summed E-state index contributed by atoms with van der Waals surface area (Å²) in [4.78, 5) is 25.5. The van der Waals surface area contributed by atoms with Gasteiger partial charge in [0.1, 0.15) is 6.42 Å². The first-order chi connectivity index (χ1) is 9.32. The van der Waals surface area contributed by atoms with Crippen LogP contribution in [-0.4, -0.2) is 23.8 Å². The molecule has 0 spiro atoms. The summed E-state index contributed by atoms with van der Waals surface area (Å²) in [5.74, 6) is -1.21. The Morgan fingerprint density at radius 1 is 1.30 bits per heavy atom. The summed E-state index contributed by atoms with van der Waals surface area (Å²) in [6, 6.07) is 3.02. The molecule has 106 valence electrons. The molecule has 20 heavy (non-hydrogen) atoms. The molecule has 0 amide bonds. The first-order valence-corrected chi connectivity index (χ1v) is 5.61. The Kier molecular flexibility index (Phi) is 3.52. The van der Waals surface area contributed by atoms with Gasteiger partial charge in [0.05, 0.1) is 12.7 Å². The predicted molar refractivity (Wildman–Crippen MR) is 64.3 cm³/mol. The molecule has 0 atom stereocenters. The summed E-state index contributed by atoms with van der Waals surface area (Å²) in [6.45, 7) is 0. The van der Waals surface area contributed by atoms with Crippen molar-refractivity contribution < 1.29 is 27.5 Å². The van der Waals surface area contributed by atoms with E-state index in [4.69, 9.17) is 0 Å². The monoisotopic (exact) mass is 285 g/mol. The van der Waals surface area contributed by atoms with Crippen LogP contribution >= 0.6 is 0 Å². The lowest BCUT2D eigenvalue weighted by Gasteiger charge is -2.06. The number of ether oxygens (including phenoxy) is 1. The minimum absolute atomic E-state index is 0.166. The molecule has 1 heterocycles. The predicted octanol–water partition coefficient (Wildman–Crippen LogP) is 2.93. The van der Waals surface area contributed by atoms with Crippen molar-refractivity contribution >= 4 is 22.7 Å². The molecule has 2 aromatic rings. The molecule has 2 rings (SSSR count). The number of hydrogen-bond donors (Lipinski definition) is 1. The Labute approximate surface area is 111 Å². The van der Waals surface area contributed by atoms with Crippen molar-refractivity contribution in [2.24, 2.45) is 0 Å². The van der Waals surface area contributed by atoms with Crippen LogP contribution < -0.4 is 0 Å². The highest BCUT2D eigenvalue weighted by Gasteiger charge is 2.31. The van der Waals surface area contributed by atoms with Gasteiger partial charge in [-0.25, -0.2) is 0 Å². The van der Waals surface area contributed by atoms with Crippen LogP contribution in [0.4, 0.5) is 13.2 Å². The summed E-state index contributed by atoms with van der Waals surface area (Å²) < 4.78 is 42.0. The van der Waals surface area contributed by atoms with Gasteiger partial charge in [-0.3, -0.25) is 9.59 Å². The molecule has 0 radical (unpaired) electrons. The van der Waals surface area contributed by atoms with Crippen molar-refractivity contribution in [3.05, 3.63) is 35.5 Å². The molecule has 0 unspecified atom stereocenters. The topological polar surface area (TPSA) is 59.2 Å². The van der Waals surface area contributed by atoms with Gasteiger partial charge in [0.2, 0.25) is 0 Å². The second-order valence-electron chi connectivity index (χ2n) is 4.14. The number of halogens is 3. The van der Waals surface area contributed by atoms with E-state index in [9.17, 15) is 22.8 Å². The number of fused-ring (bicyclic) bond motifs is 1. The number of carbonyl (C=O) groups excluding carboxylic acids is 2. The number of carbonyl (C=O) groups is 2. The first kappa shape index (κ1) is 14.1. The van der Waals surface area contributed by atoms with E-state index in [1.165, 1.54) is 12.3 Å². The summed E-state index contributed by atoms with van der Waals surface area (Å²) in [5.41, 5.74) is -0.453. The molecule has 0 bridgehead atoms. The largest absolute Gasteiger partial charge is 0.469 e. The van der Waals surface area contributed by atoms with Crippen molar-refractivity contribution in [2.45, 2.75) is 12.6 Å². The Morgan fingerprint density at radius 3 is 2.60 bits per heavy atom.